The molecule has 0 amide bonds. The van der Waals surface area contributed by atoms with Crippen molar-refractivity contribution < 1.29 is 29.7 Å². The second-order valence-corrected chi connectivity index (χ2v) is 3.55. The lowest BCUT2D eigenvalue weighted by Crippen LogP contribution is -2.20. The van der Waals surface area contributed by atoms with Crippen LogP contribution in [0.4, 0.5) is 17.8 Å². The lowest BCUT2D eigenvalue weighted by atomic mass is 10.6. The first-order valence-corrected chi connectivity index (χ1v) is 5.50. The number of carbonyl (C=O) groups is 3. The first-order valence-electron chi connectivity index (χ1n) is 5.50. The third-order valence-electron chi connectivity index (χ3n) is 1.83. The molecule has 0 aliphatic rings. The van der Waals surface area contributed by atoms with E-state index in [4.69, 9.17) is 15.3 Å². The number of rotatable bonds is 9. The zero-order valence-corrected chi connectivity index (χ0v) is 10.5. The number of aromatic nitrogens is 3. The second kappa shape index (κ2) is 7.42. The Morgan fingerprint density at radius 2 is 0.905 bits per heavy atom. The lowest BCUT2D eigenvalue weighted by molar-refractivity contribution is -0.135. The summed E-state index contributed by atoms with van der Waals surface area (Å²) in [5.74, 6) is -3.91. The van der Waals surface area contributed by atoms with Crippen molar-refractivity contribution in [3.8, 4) is 0 Å². The minimum atomic E-state index is -1.16. The molecule has 0 radical (unpaired) electrons. The normalized spacial score (nSPS) is 9.71. The fourth-order valence-electron chi connectivity index (χ4n) is 1.08. The fraction of sp³-hybridized carbons (Fsp3) is 0.333. The number of anilines is 3. The molecule has 21 heavy (non-hydrogen) atoms. The van der Waals surface area contributed by atoms with E-state index in [1.165, 1.54) is 0 Å². The summed E-state index contributed by atoms with van der Waals surface area (Å²) in [6.45, 7) is -1.41. The molecule has 1 rings (SSSR count). The van der Waals surface area contributed by atoms with Crippen LogP contribution < -0.4 is 16.0 Å². The lowest BCUT2D eigenvalue weighted by Gasteiger charge is -2.08. The molecule has 1 heterocycles. The van der Waals surface area contributed by atoms with Crippen molar-refractivity contribution >= 4 is 35.8 Å². The molecule has 12 heteroatoms. The third kappa shape index (κ3) is 6.51. The molecule has 0 fully saturated rings. The Labute approximate surface area is 117 Å². The van der Waals surface area contributed by atoms with Gasteiger partial charge in [0.2, 0.25) is 17.8 Å². The summed E-state index contributed by atoms with van der Waals surface area (Å²) in [5, 5.41) is 32.7. The molecule has 114 valence electrons. The highest BCUT2D eigenvalue weighted by Crippen LogP contribution is 2.08. The highest BCUT2D eigenvalue weighted by molar-refractivity contribution is 5.73. The molecule has 12 nitrogen and oxygen atoms in total. The molecule has 0 spiro atoms. The number of aliphatic carboxylic acids is 3. The highest BCUT2D eigenvalue weighted by Gasteiger charge is 2.09. The molecule has 0 aliphatic heterocycles. The predicted octanol–water partition coefficient (Wildman–Crippen LogP) is -1.64. The molecule has 1 aromatic heterocycles. The number of carboxylic acids is 3. The van der Waals surface area contributed by atoms with Crippen LogP contribution in [0.2, 0.25) is 0 Å². The summed E-state index contributed by atoms with van der Waals surface area (Å²) in [6.07, 6.45) is 0. The van der Waals surface area contributed by atoms with Crippen molar-refractivity contribution in [2.75, 3.05) is 35.6 Å². The summed E-state index contributed by atoms with van der Waals surface area (Å²) in [4.78, 5) is 42.6. The van der Waals surface area contributed by atoms with Crippen LogP contribution in [0.1, 0.15) is 0 Å². The van der Waals surface area contributed by atoms with Crippen LogP contribution in [-0.2, 0) is 14.4 Å². The van der Waals surface area contributed by atoms with Crippen LogP contribution in [0.3, 0.4) is 0 Å². The summed E-state index contributed by atoms with van der Waals surface area (Å²) < 4.78 is 0. The highest BCUT2D eigenvalue weighted by atomic mass is 16.4. The second-order valence-electron chi connectivity index (χ2n) is 3.55. The molecule has 1 aromatic rings. The van der Waals surface area contributed by atoms with Gasteiger partial charge in [-0.1, -0.05) is 0 Å². The van der Waals surface area contributed by atoms with E-state index in [-0.39, 0.29) is 17.8 Å². The first kappa shape index (κ1) is 15.9. The third-order valence-corrected chi connectivity index (χ3v) is 1.83. The van der Waals surface area contributed by atoms with Crippen molar-refractivity contribution in [2.45, 2.75) is 0 Å². The van der Waals surface area contributed by atoms with E-state index in [1.54, 1.807) is 0 Å². The van der Waals surface area contributed by atoms with Gasteiger partial charge in [-0.05, 0) is 0 Å². The van der Waals surface area contributed by atoms with Crippen LogP contribution >= 0.6 is 0 Å². The van der Waals surface area contributed by atoms with Gasteiger partial charge < -0.3 is 31.3 Å². The Kier molecular flexibility index (Phi) is 5.61. The molecule has 0 unspecified atom stereocenters. The van der Waals surface area contributed by atoms with E-state index < -0.39 is 37.5 Å². The zero-order chi connectivity index (χ0) is 15.8. The van der Waals surface area contributed by atoms with Crippen LogP contribution in [0, 0.1) is 0 Å². The summed E-state index contributed by atoms with van der Waals surface area (Å²) in [7, 11) is 0. The van der Waals surface area contributed by atoms with Gasteiger partial charge in [-0.25, -0.2) is 0 Å². The summed E-state index contributed by atoms with van der Waals surface area (Å²) in [6, 6.07) is 0. The predicted molar refractivity (Wildman–Crippen MR) is 68.2 cm³/mol. The average Bonchev–Trinajstić information content (AvgIpc) is 2.40. The molecule has 0 aromatic carbocycles. The van der Waals surface area contributed by atoms with Crippen molar-refractivity contribution in [1.29, 1.82) is 0 Å². The Morgan fingerprint density at radius 1 is 0.667 bits per heavy atom. The van der Waals surface area contributed by atoms with Crippen LogP contribution in [-0.4, -0.2) is 67.8 Å². The monoisotopic (exact) mass is 300 g/mol. The fourth-order valence-corrected chi connectivity index (χ4v) is 1.08. The molecule has 6 N–H and O–H groups in total. The van der Waals surface area contributed by atoms with Gasteiger partial charge in [-0.2, -0.15) is 15.0 Å². The Balaban J connectivity index is 2.86. The number of hydrogen-bond acceptors (Lipinski definition) is 9. The van der Waals surface area contributed by atoms with Crippen LogP contribution in [0.5, 0.6) is 0 Å². The Hall–Kier alpha value is -3.18. The van der Waals surface area contributed by atoms with Gasteiger partial charge in [-0.3, -0.25) is 14.4 Å². The van der Waals surface area contributed by atoms with Gasteiger partial charge in [0.25, 0.3) is 0 Å². The first-order chi connectivity index (χ1) is 9.86. The standard InChI is InChI=1S/C9H12N6O6/c16-4(17)1-10-7-13-8(11-2-5(18)19)15-9(14-7)12-3-6(20)21/h1-3H2,(H,16,17)(H,18,19)(H,20,21)(H3,10,11,12,13,14,15). The Bertz CT molecular complexity index is 461. The van der Waals surface area contributed by atoms with Crippen molar-refractivity contribution in [3.63, 3.8) is 0 Å². The van der Waals surface area contributed by atoms with Crippen LogP contribution in [0.15, 0.2) is 0 Å². The van der Waals surface area contributed by atoms with E-state index in [9.17, 15) is 14.4 Å². The molecule has 0 bridgehead atoms. The zero-order valence-electron chi connectivity index (χ0n) is 10.5. The van der Waals surface area contributed by atoms with Gasteiger partial charge in [-0.15, -0.1) is 0 Å². The van der Waals surface area contributed by atoms with Crippen molar-refractivity contribution in [3.05, 3.63) is 0 Å². The molecule has 0 atom stereocenters. The smallest absolute Gasteiger partial charge is 0.322 e. The molecular formula is C9H12N6O6. The molecule has 0 saturated heterocycles. The van der Waals surface area contributed by atoms with E-state index in [0.717, 1.165) is 0 Å². The van der Waals surface area contributed by atoms with Gasteiger partial charge >= 0.3 is 17.9 Å². The summed E-state index contributed by atoms with van der Waals surface area (Å²) >= 11 is 0. The maximum Gasteiger partial charge on any atom is 0.322 e. The minimum Gasteiger partial charge on any atom is -0.480 e. The van der Waals surface area contributed by atoms with Crippen molar-refractivity contribution in [2.24, 2.45) is 0 Å². The number of nitrogens with zero attached hydrogens (tertiary/aromatic N) is 3. The summed E-state index contributed by atoms with van der Waals surface area (Å²) in [5.41, 5.74) is 0. The molecule has 0 saturated carbocycles. The largest absolute Gasteiger partial charge is 0.480 e. The molecular weight excluding hydrogens is 288 g/mol. The number of nitrogens with one attached hydrogen (secondary N) is 3. The van der Waals surface area contributed by atoms with E-state index in [2.05, 4.69) is 30.9 Å². The van der Waals surface area contributed by atoms with E-state index in [0.29, 0.717) is 0 Å². The van der Waals surface area contributed by atoms with Gasteiger partial charge in [0.1, 0.15) is 19.6 Å². The molecule has 0 aliphatic carbocycles. The minimum absolute atomic E-state index is 0.145. The maximum atomic E-state index is 10.5. The topological polar surface area (TPSA) is 187 Å². The average molecular weight is 300 g/mol. The Morgan fingerprint density at radius 3 is 1.10 bits per heavy atom. The SMILES string of the molecule is O=C(O)CNc1nc(NCC(=O)O)nc(NCC(=O)O)n1. The number of carboxylic acid groups (broad SMARTS) is 3. The van der Waals surface area contributed by atoms with E-state index in [1.807, 2.05) is 0 Å². The van der Waals surface area contributed by atoms with Crippen LogP contribution in [0.25, 0.3) is 0 Å². The van der Waals surface area contributed by atoms with E-state index >= 15 is 0 Å². The number of hydrogen-bond donors (Lipinski definition) is 6. The quantitative estimate of drug-likeness (QED) is 0.306. The maximum absolute atomic E-state index is 10.5. The van der Waals surface area contributed by atoms with Gasteiger partial charge in [0.15, 0.2) is 0 Å². The van der Waals surface area contributed by atoms with Gasteiger partial charge in [0.05, 0.1) is 0 Å². The van der Waals surface area contributed by atoms with Crippen molar-refractivity contribution in [1.82, 2.24) is 15.0 Å². The van der Waals surface area contributed by atoms with Gasteiger partial charge in [0, 0.05) is 0 Å².